The minimum Gasteiger partial charge on any atom is -0.507 e. The fourth-order valence-corrected chi connectivity index (χ4v) is 2.97. The van der Waals surface area contributed by atoms with Gasteiger partial charge in [0.1, 0.15) is 11.3 Å². The second-order valence-corrected chi connectivity index (χ2v) is 6.14. The van der Waals surface area contributed by atoms with Crippen molar-refractivity contribution in [1.29, 1.82) is 0 Å². The Labute approximate surface area is 149 Å². The molecular formula is C17H11F3N2O3S. The monoisotopic (exact) mass is 380 g/mol. The number of nitrogens with one attached hydrogen (secondary N) is 1. The number of phenols is 1. The van der Waals surface area contributed by atoms with E-state index in [1.165, 1.54) is 30.3 Å². The van der Waals surface area contributed by atoms with E-state index in [1.54, 1.807) is 5.38 Å². The Morgan fingerprint density at radius 3 is 2.62 bits per heavy atom. The molecule has 0 aliphatic heterocycles. The van der Waals surface area contributed by atoms with Crippen molar-refractivity contribution in [1.82, 2.24) is 4.98 Å². The number of nitrogens with zero attached hydrogens (tertiary/aromatic N) is 1. The maximum Gasteiger partial charge on any atom is 0.416 e. The highest BCUT2D eigenvalue weighted by molar-refractivity contribution is 7.14. The number of carboxylic acid groups (broad SMARTS) is 1. The van der Waals surface area contributed by atoms with Crippen LogP contribution in [0.3, 0.4) is 0 Å². The van der Waals surface area contributed by atoms with Crippen LogP contribution in [-0.2, 0) is 6.18 Å². The number of aromatic carboxylic acids is 1. The molecule has 0 radical (unpaired) electrons. The molecule has 1 heterocycles. The summed E-state index contributed by atoms with van der Waals surface area (Å²) >= 11 is 1.16. The molecule has 3 N–H and O–H groups in total. The van der Waals surface area contributed by atoms with E-state index >= 15 is 0 Å². The highest BCUT2D eigenvalue weighted by Crippen LogP contribution is 2.33. The van der Waals surface area contributed by atoms with Gasteiger partial charge in [0, 0.05) is 16.6 Å². The molecule has 0 unspecified atom stereocenters. The third kappa shape index (κ3) is 3.77. The number of hydrogen-bond acceptors (Lipinski definition) is 5. The maximum absolute atomic E-state index is 12.8. The van der Waals surface area contributed by atoms with E-state index in [4.69, 9.17) is 5.11 Å². The molecule has 134 valence electrons. The van der Waals surface area contributed by atoms with Crippen LogP contribution in [-0.4, -0.2) is 21.2 Å². The van der Waals surface area contributed by atoms with Gasteiger partial charge in [0.25, 0.3) is 0 Å². The zero-order valence-electron chi connectivity index (χ0n) is 12.9. The number of halogens is 3. The summed E-state index contributed by atoms with van der Waals surface area (Å²) in [5, 5.41) is 23.4. The lowest BCUT2D eigenvalue weighted by Crippen LogP contribution is -2.04. The summed E-state index contributed by atoms with van der Waals surface area (Å²) in [5.74, 6) is -1.65. The molecule has 1 aromatic heterocycles. The summed E-state index contributed by atoms with van der Waals surface area (Å²) < 4.78 is 38.4. The van der Waals surface area contributed by atoms with Gasteiger partial charge in [0.05, 0.1) is 11.3 Å². The van der Waals surface area contributed by atoms with Gasteiger partial charge in [-0.25, -0.2) is 9.78 Å². The largest absolute Gasteiger partial charge is 0.507 e. The average Bonchev–Trinajstić information content (AvgIpc) is 3.04. The zero-order valence-corrected chi connectivity index (χ0v) is 13.7. The first-order chi connectivity index (χ1) is 12.2. The first kappa shape index (κ1) is 17.7. The molecule has 9 heteroatoms. The summed E-state index contributed by atoms with van der Waals surface area (Å²) in [6.07, 6.45) is -4.44. The number of anilines is 2. The van der Waals surface area contributed by atoms with Crippen LogP contribution in [0.5, 0.6) is 5.75 Å². The van der Waals surface area contributed by atoms with Crippen molar-refractivity contribution < 1.29 is 28.2 Å². The third-order valence-corrected chi connectivity index (χ3v) is 4.23. The van der Waals surface area contributed by atoms with Gasteiger partial charge in [-0.1, -0.05) is 12.1 Å². The van der Waals surface area contributed by atoms with Crippen molar-refractivity contribution >= 4 is 28.1 Å². The number of rotatable bonds is 4. The Balaban J connectivity index is 1.85. The van der Waals surface area contributed by atoms with Crippen molar-refractivity contribution in [3.63, 3.8) is 0 Å². The van der Waals surface area contributed by atoms with E-state index in [9.17, 15) is 23.1 Å². The van der Waals surface area contributed by atoms with Crippen LogP contribution < -0.4 is 5.32 Å². The lowest BCUT2D eigenvalue weighted by atomic mass is 10.1. The second-order valence-electron chi connectivity index (χ2n) is 5.28. The van der Waals surface area contributed by atoms with Crippen LogP contribution in [0.4, 0.5) is 24.0 Å². The highest BCUT2D eigenvalue weighted by atomic mass is 32.1. The summed E-state index contributed by atoms with van der Waals surface area (Å²) in [7, 11) is 0. The Morgan fingerprint density at radius 1 is 1.15 bits per heavy atom. The number of aromatic nitrogens is 1. The maximum atomic E-state index is 12.8. The minimum atomic E-state index is -4.44. The van der Waals surface area contributed by atoms with E-state index in [2.05, 4.69) is 10.3 Å². The summed E-state index contributed by atoms with van der Waals surface area (Å²) in [6.45, 7) is 0. The standard InChI is InChI=1S/C17H11F3N2O3S/c18-17(19,20)10-3-1-2-9(6-10)13-8-26-16(22-13)21-11-4-5-14(23)12(7-11)15(24)25/h1-8,23H,(H,21,22)(H,24,25). The molecule has 0 amide bonds. The normalized spacial score (nSPS) is 11.3. The van der Waals surface area contributed by atoms with E-state index in [1.807, 2.05) is 0 Å². The number of aromatic hydroxyl groups is 1. The molecule has 0 bridgehead atoms. The molecule has 3 rings (SSSR count). The SMILES string of the molecule is O=C(O)c1cc(Nc2nc(-c3cccc(C(F)(F)F)c3)cs2)ccc1O. The summed E-state index contributed by atoms with van der Waals surface area (Å²) in [6, 6.07) is 8.77. The molecule has 0 fully saturated rings. The van der Waals surface area contributed by atoms with Crippen molar-refractivity contribution in [2.75, 3.05) is 5.32 Å². The third-order valence-electron chi connectivity index (χ3n) is 3.47. The first-order valence-electron chi connectivity index (χ1n) is 7.20. The van der Waals surface area contributed by atoms with Gasteiger partial charge in [-0.05, 0) is 30.3 Å². The molecule has 3 aromatic rings. The van der Waals surface area contributed by atoms with E-state index < -0.39 is 17.7 Å². The van der Waals surface area contributed by atoms with Crippen LogP contribution in [0.1, 0.15) is 15.9 Å². The Hall–Kier alpha value is -3.07. The Bertz CT molecular complexity index is 970. The van der Waals surface area contributed by atoms with Gasteiger partial charge >= 0.3 is 12.1 Å². The van der Waals surface area contributed by atoms with Crippen molar-refractivity contribution in [2.24, 2.45) is 0 Å². The smallest absolute Gasteiger partial charge is 0.416 e. The molecule has 0 spiro atoms. The molecule has 5 nitrogen and oxygen atoms in total. The summed E-state index contributed by atoms with van der Waals surface area (Å²) in [4.78, 5) is 15.3. The lowest BCUT2D eigenvalue weighted by molar-refractivity contribution is -0.137. The van der Waals surface area contributed by atoms with Crippen molar-refractivity contribution in [2.45, 2.75) is 6.18 Å². The van der Waals surface area contributed by atoms with Gasteiger partial charge in [0.15, 0.2) is 5.13 Å². The number of carboxylic acids is 1. The molecule has 0 aliphatic carbocycles. The van der Waals surface area contributed by atoms with Gasteiger partial charge < -0.3 is 15.5 Å². The van der Waals surface area contributed by atoms with Crippen LogP contribution >= 0.6 is 11.3 Å². The van der Waals surface area contributed by atoms with Gasteiger partial charge in [-0.2, -0.15) is 13.2 Å². The van der Waals surface area contributed by atoms with E-state index in [-0.39, 0.29) is 11.3 Å². The molecule has 0 atom stereocenters. The minimum absolute atomic E-state index is 0.273. The van der Waals surface area contributed by atoms with Crippen molar-refractivity contribution in [3.8, 4) is 17.0 Å². The van der Waals surface area contributed by atoms with Crippen LogP contribution in [0.25, 0.3) is 11.3 Å². The average molecular weight is 380 g/mol. The number of thiazole rings is 1. The van der Waals surface area contributed by atoms with Crippen LogP contribution in [0.2, 0.25) is 0 Å². The Kier molecular flexibility index (Phi) is 4.56. The van der Waals surface area contributed by atoms with E-state index in [0.717, 1.165) is 23.5 Å². The quantitative estimate of drug-likeness (QED) is 0.556. The van der Waals surface area contributed by atoms with Gasteiger partial charge in [-0.3, -0.25) is 0 Å². The lowest BCUT2D eigenvalue weighted by Gasteiger charge is -2.07. The van der Waals surface area contributed by atoms with Crippen molar-refractivity contribution in [3.05, 3.63) is 59.0 Å². The predicted octanol–water partition coefficient (Wildman–Crippen LogP) is 4.98. The number of carbonyl (C=O) groups is 1. The predicted molar refractivity (Wildman–Crippen MR) is 90.9 cm³/mol. The Morgan fingerprint density at radius 2 is 1.92 bits per heavy atom. The molecule has 26 heavy (non-hydrogen) atoms. The topological polar surface area (TPSA) is 82.5 Å². The molecular weight excluding hydrogens is 369 g/mol. The van der Waals surface area contributed by atoms with E-state index in [0.29, 0.717) is 22.1 Å². The molecule has 2 aromatic carbocycles. The summed E-state index contributed by atoms with van der Waals surface area (Å²) in [5.41, 5.74) is 0.0267. The molecule has 0 aliphatic rings. The van der Waals surface area contributed by atoms with Crippen LogP contribution in [0.15, 0.2) is 47.8 Å². The molecule has 0 saturated carbocycles. The number of alkyl halides is 3. The zero-order chi connectivity index (χ0) is 18.9. The fraction of sp³-hybridized carbons (Fsp3) is 0.0588. The van der Waals surface area contributed by atoms with Gasteiger partial charge in [-0.15, -0.1) is 11.3 Å². The fourth-order valence-electron chi connectivity index (χ4n) is 2.23. The first-order valence-corrected chi connectivity index (χ1v) is 8.08. The highest BCUT2D eigenvalue weighted by Gasteiger charge is 2.30. The second kappa shape index (κ2) is 6.68. The van der Waals surface area contributed by atoms with Gasteiger partial charge in [0.2, 0.25) is 0 Å². The van der Waals surface area contributed by atoms with Crippen LogP contribution in [0, 0.1) is 0 Å². The number of hydrogen-bond donors (Lipinski definition) is 3. The molecule has 0 saturated heterocycles. The number of benzene rings is 2.